The summed E-state index contributed by atoms with van der Waals surface area (Å²) >= 11 is 0. The van der Waals surface area contributed by atoms with Gasteiger partial charge in [0.1, 0.15) is 5.60 Å². The number of halogens is 1. The van der Waals surface area contributed by atoms with Crippen LogP contribution < -0.4 is 10.6 Å². The summed E-state index contributed by atoms with van der Waals surface area (Å²) in [5, 5.41) is 10.9. The van der Waals surface area contributed by atoms with Crippen molar-refractivity contribution in [1.82, 2.24) is 25.3 Å². The number of amides is 1. The lowest BCUT2D eigenvalue weighted by molar-refractivity contribution is 0.0285. The number of aryl methyl sites for hydroxylation is 2. The van der Waals surface area contributed by atoms with E-state index in [0.717, 1.165) is 43.0 Å². The molecule has 0 atom stereocenters. The van der Waals surface area contributed by atoms with Crippen molar-refractivity contribution >= 4 is 36.0 Å². The van der Waals surface area contributed by atoms with Gasteiger partial charge in [-0.05, 0) is 57.2 Å². The highest BCUT2D eigenvalue weighted by atomic mass is 127. The third-order valence-electron chi connectivity index (χ3n) is 4.60. The average Bonchev–Trinajstić information content (AvgIpc) is 3.14. The molecular formula is C24H39IN6O2. The average molecular weight is 571 g/mol. The van der Waals surface area contributed by atoms with Crippen LogP contribution >= 0.6 is 24.0 Å². The molecule has 0 saturated carbocycles. The standard InChI is InChI=1S/C24H38N6O2.HI/c1-7-25-22(26-14-8-9-21-16-28-30(6)18-21)27-15-19-10-12-20(13-11-19)17-29(5)23(31)32-24(2,3)4;/h10-13,16,18H,7-9,14-15,17H2,1-6H3,(H2,25,26,27);1H. The number of nitrogens with zero attached hydrogens (tertiary/aromatic N) is 4. The first kappa shape index (κ1) is 28.7. The topological polar surface area (TPSA) is 83.8 Å². The second-order valence-corrected chi connectivity index (χ2v) is 8.90. The van der Waals surface area contributed by atoms with Crippen LogP contribution in [-0.2, 0) is 31.3 Å². The maximum absolute atomic E-state index is 12.1. The summed E-state index contributed by atoms with van der Waals surface area (Å²) in [4.78, 5) is 18.4. The van der Waals surface area contributed by atoms with Gasteiger partial charge in [0.15, 0.2) is 5.96 Å². The first-order valence-corrected chi connectivity index (χ1v) is 11.2. The molecule has 9 heteroatoms. The molecule has 1 amide bonds. The predicted molar refractivity (Wildman–Crippen MR) is 144 cm³/mol. The molecular weight excluding hydrogens is 531 g/mol. The van der Waals surface area contributed by atoms with Gasteiger partial charge < -0.3 is 20.3 Å². The van der Waals surface area contributed by atoms with Crippen LogP contribution in [0.15, 0.2) is 41.7 Å². The smallest absolute Gasteiger partial charge is 0.410 e. The molecule has 0 saturated heterocycles. The molecule has 2 aromatic rings. The molecule has 2 rings (SSSR count). The molecule has 0 spiro atoms. The number of aromatic nitrogens is 2. The Labute approximate surface area is 215 Å². The maximum atomic E-state index is 12.1. The highest BCUT2D eigenvalue weighted by Crippen LogP contribution is 2.12. The van der Waals surface area contributed by atoms with Gasteiger partial charge in [0, 0.05) is 39.9 Å². The third-order valence-corrected chi connectivity index (χ3v) is 4.60. The Bertz CT molecular complexity index is 874. The molecule has 0 unspecified atom stereocenters. The Morgan fingerprint density at radius 1 is 1.15 bits per heavy atom. The van der Waals surface area contributed by atoms with Crippen LogP contribution in [0.5, 0.6) is 0 Å². The molecule has 1 aromatic heterocycles. The van der Waals surface area contributed by atoms with Gasteiger partial charge in [-0.1, -0.05) is 24.3 Å². The molecule has 33 heavy (non-hydrogen) atoms. The van der Waals surface area contributed by atoms with Gasteiger partial charge in [-0.25, -0.2) is 9.79 Å². The van der Waals surface area contributed by atoms with Crippen LogP contribution in [0.4, 0.5) is 4.79 Å². The van der Waals surface area contributed by atoms with Gasteiger partial charge in [0.2, 0.25) is 0 Å². The first-order valence-electron chi connectivity index (χ1n) is 11.2. The van der Waals surface area contributed by atoms with Crippen molar-refractivity contribution < 1.29 is 9.53 Å². The second-order valence-electron chi connectivity index (χ2n) is 8.90. The molecule has 0 fully saturated rings. The van der Waals surface area contributed by atoms with E-state index in [4.69, 9.17) is 4.74 Å². The van der Waals surface area contributed by atoms with Gasteiger partial charge in [-0.15, -0.1) is 24.0 Å². The summed E-state index contributed by atoms with van der Waals surface area (Å²) < 4.78 is 7.23. The van der Waals surface area contributed by atoms with E-state index in [1.54, 1.807) is 11.9 Å². The highest BCUT2D eigenvalue weighted by molar-refractivity contribution is 14.0. The summed E-state index contributed by atoms with van der Waals surface area (Å²) in [5.41, 5.74) is 2.91. The zero-order chi connectivity index (χ0) is 23.6. The minimum Gasteiger partial charge on any atom is -0.444 e. The van der Waals surface area contributed by atoms with Gasteiger partial charge in [-0.3, -0.25) is 4.68 Å². The molecule has 0 radical (unpaired) electrons. The fourth-order valence-corrected chi connectivity index (χ4v) is 3.04. The predicted octanol–water partition coefficient (Wildman–Crippen LogP) is 4.09. The number of nitrogens with one attached hydrogen (secondary N) is 2. The Morgan fingerprint density at radius 2 is 1.82 bits per heavy atom. The summed E-state index contributed by atoms with van der Waals surface area (Å²) in [7, 11) is 3.68. The number of carbonyl (C=O) groups excluding carboxylic acids is 1. The van der Waals surface area contributed by atoms with E-state index in [2.05, 4.69) is 27.6 Å². The number of carbonyl (C=O) groups is 1. The number of ether oxygens (including phenoxy) is 1. The van der Waals surface area contributed by atoms with E-state index in [1.165, 1.54) is 5.56 Å². The fourth-order valence-electron chi connectivity index (χ4n) is 3.04. The Kier molecular flexibility index (Phi) is 12.2. The number of benzene rings is 1. The summed E-state index contributed by atoms with van der Waals surface area (Å²) in [6, 6.07) is 8.15. The van der Waals surface area contributed by atoms with Crippen molar-refractivity contribution in [3.8, 4) is 0 Å². The maximum Gasteiger partial charge on any atom is 0.410 e. The zero-order valence-electron chi connectivity index (χ0n) is 20.7. The van der Waals surface area contributed by atoms with Crippen LogP contribution in [0, 0.1) is 0 Å². The lowest BCUT2D eigenvalue weighted by atomic mass is 10.1. The molecule has 8 nitrogen and oxygen atoms in total. The van der Waals surface area contributed by atoms with Crippen molar-refractivity contribution in [1.29, 1.82) is 0 Å². The summed E-state index contributed by atoms with van der Waals surface area (Å²) in [6.07, 6.45) is 5.63. The van der Waals surface area contributed by atoms with E-state index in [-0.39, 0.29) is 30.1 Å². The second kappa shape index (κ2) is 14.1. The molecule has 1 aromatic carbocycles. The Balaban J connectivity index is 0.00000544. The van der Waals surface area contributed by atoms with Crippen LogP contribution in [-0.4, -0.2) is 52.5 Å². The molecule has 1 heterocycles. The number of aliphatic imine (C=N–C) groups is 1. The molecule has 0 aliphatic heterocycles. The normalized spacial score (nSPS) is 11.5. The van der Waals surface area contributed by atoms with Gasteiger partial charge in [-0.2, -0.15) is 5.10 Å². The van der Waals surface area contributed by atoms with Crippen LogP contribution in [0.25, 0.3) is 0 Å². The lowest BCUT2D eigenvalue weighted by Crippen LogP contribution is -2.37. The lowest BCUT2D eigenvalue weighted by Gasteiger charge is -2.24. The quantitative estimate of drug-likeness (QED) is 0.206. The van der Waals surface area contributed by atoms with Crippen molar-refractivity contribution in [3.05, 3.63) is 53.3 Å². The molecule has 0 aliphatic carbocycles. The van der Waals surface area contributed by atoms with Crippen LogP contribution in [0.3, 0.4) is 0 Å². The van der Waals surface area contributed by atoms with E-state index < -0.39 is 5.60 Å². The van der Waals surface area contributed by atoms with Gasteiger partial charge >= 0.3 is 6.09 Å². The third kappa shape index (κ3) is 11.4. The molecule has 2 N–H and O–H groups in total. The van der Waals surface area contributed by atoms with E-state index in [0.29, 0.717) is 13.1 Å². The Hall–Kier alpha value is -2.30. The number of guanidine groups is 1. The zero-order valence-corrected chi connectivity index (χ0v) is 23.1. The van der Waals surface area contributed by atoms with Crippen LogP contribution in [0.1, 0.15) is 50.8 Å². The molecule has 0 bridgehead atoms. The minimum atomic E-state index is -0.496. The van der Waals surface area contributed by atoms with Crippen molar-refractivity contribution in [3.63, 3.8) is 0 Å². The van der Waals surface area contributed by atoms with Gasteiger partial charge in [0.05, 0.1) is 12.7 Å². The summed E-state index contributed by atoms with van der Waals surface area (Å²) in [5.74, 6) is 0.812. The number of hydrogen-bond donors (Lipinski definition) is 2. The largest absolute Gasteiger partial charge is 0.444 e. The van der Waals surface area contributed by atoms with E-state index >= 15 is 0 Å². The highest BCUT2D eigenvalue weighted by Gasteiger charge is 2.19. The van der Waals surface area contributed by atoms with E-state index in [9.17, 15) is 4.79 Å². The fraction of sp³-hybridized carbons (Fsp3) is 0.542. The number of rotatable bonds is 9. The molecule has 184 valence electrons. The van der Waals surface area contributed by atoms with E-state index in [1.807, 2.05) is 69.2 Å². The number of hydrogen-bond acceptors (Lipinski definition) is 4. The summed E-state index contributed by atoms with van der Waals surface area (Å²) in [6.45, 7) is 10.4. The van der Waals surface area contributed by atoms with Crippen molar-refractivity contribution in [2.45, 2.75) is 59.2 Å². The monoisotopic (exact) mass is 570 g/mol. The Morgan fingerprint density at radius 3 is 2.39 bits per heavy atom. The van der Waals surface area contributed by atoms with Crippen molar-refractivity contribution in [2.75, 3.05) is 20.1 Å². The van der Waals surface area contributed by atoms with Gasteiger partial charge in [0.25, 0.3) is 0 Å². The van der Waals surface area contributed by atoms with Crippen molar-refractivity contribution in [2.24, 2.45) is 12.0 Å². The molecule has 0 aliphatic rings. The minimum absolute atomic E-state index is 0. The van der Waals surface area contributed by atoms with Crippen LogP contribution in [0.2, 0.25) is 0 Å². The SMILES string of the molecule is CCNC(=NCc1ccc(CN(C)C(=O)OC(C)(C)C)cc1)NCCCc1cnn(C)c1.I. The first-order chi connectivity index (χ1) is 15.2.